The van der Waals surface area contributed by atoms with Crippen molar-refractivity contribution < 1.29 is 19.1 Å². The molecule has 1 fully saturated rings. The van der Waals surface area contributed by atoms with Crippen LogP contribution in [-0.2, 0) is 8.85 Å². The number of aliphatic hydroxyl groups is 2. The fourth-order valence-corrected chi connectivity index (χ4v) is 17.4. The number of nitrogens with zero attached hydrogens (tertiary/aromatic N) is 3. The van der Waals surface area contributed by atoms with E-state index >= 15 is 0 Å². The van der Waals surface area contributed by atoms with Gasteiger partial charge in [-0.2, -0.15) is 4.98 Å². The minimum Gasteiger partial charge on any atom is -0.455 e. The van der Waals surface area contributed by atoms with E-state index in [1.807, 2.05) is 0 Å². The Morgan fingerprint density at radius 2 is 1.79 bits per heavy atom. The maximum absolute atomic E-state index is 12.2. The molecule has 4 atom stereocenters. The third-order valence-electron chi connectivity index (χ3n) is 7.13. The SMILES string of the molecule is CC(C)[SiH](O[Si](C(C)C)(C(C)C)C(O)[C@H]1O[C@@H](n2cnc3c(=O)[nH]c(N)nc32)C[C@@H]1O)C(C)C. The van der Waals surface area contributed by atoms with Crippen LogP contribution in [0.25, 0.3) is 11.2 Å². The molecule has 3 rings (SSSR count). The van der Waals surface area contributed by atoms with Gasteiger partial charge in [-0.25, -0.2) is 4.98 Å². The van der Waals surface area contributed by atoms with Gasteiger partial charge in [0, 0.05) is 6.42 Å². The molecule has 0 saturated carbocycles. The van der Waals surface area contributed by atoms with Crippen LogP contribution < -0.4 is 11.3 Å². The topological polar surface area (TPSA) is 149 Å². The summed E-state index contributed by atoms with van der Waals surface area (Å²) in [6.45, 7) is 17.3. The lowest BCUT2D eigenvalue weighted by Crippen LogP contribution is -2.64. The van der Waals surface area contributed by atoms with Crippen LogP contribution in [0.4, 0.5) is 5.95 Å². The second-order valence-corrected chi connectivity index (χ2v) is 20.0. The van der Waals surface area contributed by atoms with Crippen molar-refractivity contribution in [2.45, 2.75) is 108 Å². The van der Waals surface area contributed by atoms with Gasteiger partial charge in [0.05, 0.1) is 12.4 Å². The van der Waals surface area contributed by atoms with Gasteiger partial charge >= 0.3 is 0 Å². The largest absolute Gasteiger partial charge is 0.455 e. The summed E-state index contributed by atoms with van der Waals surface area (Å²) in [4.78, 5) is 23.0. The van der Waals surface area contributed by atoms with Crippen LogP contribution in [0, 0.1) is 0 Å². The predicted octanol–water partition coefficient (Wildman–Crippen LogP) is 2.58. The fourth-order valence-electron chi connectivity index (χ4n) is 5.51. The van der Waals surface area contributed by atoms with Crippen LogP contribution in [0.1, 0.15) is 68.0 Å². The van der Waals surface area contributed by atoms with E-state index in [9.17, 15) is 15.0 Å². The number of anilines is 1. The number of H-pyrrole nitrogens is 1. The Morgan fingerprint density at radius 1 is 1.21 bits per heavy atom. The van der Waals surface area contributed by atoms with E-state index < -0.39 is 47.1 Å². The number of rotatable bonds is 9. The number of fused-ring (bicyclic) bond motifs is 1. The molecule has 0 bridgehead atoms. The van der Waals surface area contributed by atoms with Crippen molar-refractivity contribution in [3.8, 4) is 0 Å². The summed E-state index contributed by atoms with van der Waals surface area (Å²) in [5.41, 5.74) is 5.90. The minimum absolute atomic E-state index is 0.0211. The average molecular weight is 512 g/mol. The molecule has 1 aliphatic rings. The molecule has 0 aliphatic carbocycles. The van der Waals surface area contributed by atoms with Crippen molar-refractivity contribution in [3.05, 3.63) is 16.7 Å². The molecular weight excluding hydrogens is 470 g/mol. The quantitative estimate of drug-likeness (QED) is 0.375. The van der Waals surface area contributed by atoms with E-state index in [2.05, 4.69) is 70.3 Å². The molecule has 0 amide bonds. The van der Waals surface area contributed by atoms with Crippen LogP contribution in [-0.4, -0.2) is 65.0 Å². The van der Waals surface area contributed by atoms with Crippen LogP contribution >= 0.6 is 0 Å². The lowest BCUT2D eigenvalue weighted by atomic mass is 10.2. The van der Waals surface area contributed by atoms with Crippen LogP contribution in [0.5, 0.6) is 0 Å². The van der Waals surface area contributed by atoms with Crippen LogP contribution in [0.15, 0.2) is 11.1 Å². The molecule has 0 radical (unpaired) electrons. The maximum atomic E-state index is 12.2. The van der Waals surface area contributed by atoms with Gasteiger partial charge in [-0.3, -0.25) is 14.3 Å². The molecule has 12 heteroatoms. The van der Waals surface area contributed by atoms with Gasteiger partial charge < -0.3 is 24.8 Å². The van der Waals surface area contributed by atoms with Gasteiger partial charge in [0.25, 0.3) is 5.56 Å². The molecule has 1 saturated heterocycles. The number of ether oxygens (including phenoxy) is 1. The Morgan fingerprint density at radius 3 is 2.32 bits per heavy atom. The lowest BCUT2D eigenvalue weighted by Gasteiger charge is -2.48. The van der Waals surface area contributed by atoms with Crippen molar-refractivity contribution in [2.75, 3.05) is 5.73 Å². The standard InChI is InChI=1S/C22H41N5O5Si2/c1-11(2)33(12(3)4)32-34(13(5)6,14(7)8)21(30)18-15(28)9-16(31-18)27-10-24-17-19(27)25-22(23)26-20(17)29/h10-16,18,21,28,30,33H,9H2,1-8H3,(H3,23,25,26,29)/t15-,16+,18-,21?/m0/s1. The van der Waals surface area contributed by atoms with Gasteiger partial charge in [-0.15, -0.1) is 0 Å². The molecule has 5 N–H and O–H groups in total. The Kier molecular flexibility index (Phi) is 8.10. The third kappa shape index (κ3) is 4.76. The van der Waals surface area contributed by atoms with Gasteiger partial charge in [0.15, 0.2) is 20.2 Å². The number of nitrogen functional groups attached to an aromatic ring is 1. The normalized spacial score (nSPS) is 22.9. The molecule has 0 aromatic carbocycles. The molecule has 34 heavy (non-hydrogen) atoms. The van der Waals surface area contributed by atoms with E-state index in [4.69, 9.17) is 14.6 Å². The first-order chi connectivity index (χ1) is 15.8. The van der Waals surface area contributed by atoms with Gasteiger partial charge in [0.1, 0.15) is 18.1 Å². The Labute approximate surface area is 203 Å². The summed E-state index contributed by atoms with van der Waals surface area (Å²) in [5.74, 6) is -0.0211. The second-order valence-electron chi connectivity index (χ2n) is 10.8. The highest BCUT2D eigenvalue weighted by molar-refractivity contribution is 6.83. The van der Waals surface area contributed by atoms with Crippen LogP contribution in [0.3, 0.4) is 0 Å². The Bertz CT molecular complexity index is 1020. The molecular formula is C22H41N5O5Si2. The predicted molar refractivity (Wildman–Crippen MR) is 137 cm³/mol. The van der Waals surface area contributed by atoms with Gasteiger partial charge in [-0.05, 0) is 22.2 Å². The fraction of sp³-hybridized carbons (Fsp3) is 0.773. The van der Waals surface area contributed by atoms with Gasteiger partial charge in [-0.1, -0.05) is 55.4 Å². The summed E-state index contributed by atoms with van der Waals surface area (Å²) < 4.78 is 15.0. The average Bonchev–Trinajstić information content (AvgIpc) is 3.30. The zero-order valence-electron chi connectivity index (χ0n) is 21.5. The Hall–Kier alpha value is -1.58. The number of imidazole rings is 1. The summed E-state index contributed by atoms with van der Waals surface area (Å²) in [7, 11) is -4.48. The number of nitrogens with one attached hydrogen (secondary N) is 1. The van der Waals surface area contributed by atoms with Crippen molar-refractivity contribution in [1.29, 1.82) is 0 Å². The van der Waals surface area contributed by atoms with Crippen LogP contribution in [0.2, 0.25) is 22.2 Å². The van der Waals surface area contributed by atoms with E-state index in [1.165, 1.54) is 6.33 Å². The summed E-state index contributed by atoms with van der Waals surface area (Å²) >= 11 is 0. The molecule has 3 heterocycles. The van der Waals surface area contributed by atoms with E-state index in [-0.39, 0.29) is 34.6 Å². The number of aromatic nitrogens is 4. The summed E-state index contributed by atoms with van der Waals surface area (Å²) in [5, 5.41) is 22.9. The first-order valence-corrected chi connectivity index (χ1v) is 16.2. The zero-order chi connectivity index (χ0) is 25.5. The highest BCUT2D eigenvalue weighted by Crippen LogP contribution is 2.44. The molecule has 10 nitrogen and oxygen atoms in total. The number of aliphatic hydroxyl groups excluding tert-OH is 2. The monoisotopic (exact) mass is 511 g/mol. The highest BCUT2D eigenvalue weighted by atomic mass is 28.4. The number of hydrogen-bond acceptors (Lipinski definition) is 8. The smallest absolute Gasteiger partial charge is 0.280 e. The van der Waals surface area contributed by atoms with Crippen molar-refractivity contribution in [2.24, 2.45) is 0 Å². The molecule has 192 valence electrons. The van der Waals surface area contributed by atoms with E-state index in [1.54, 1.807) is 4.57 Å². The molecule has 1 unspecified atom stereocenters. The summed E-state index contributed by atoms with van der Waals surface area (Å²) in [6, 6.07) is 0. The first kappa shape index (κ1) is 27.0. The zero-order valence-corrected chi connectivity index (χ0v) is 23.7. The minimum atomic E-state index is -2.82. The number of aromatic amines is 1. The molecule has 2 aromatic heterocycles. The highest BCUT2D eigenvalue weighted by Gasteiger charge is 2.56. The van der Waals surface area contributed by atoms with Crippen molar-refractivity contribution in [1.82, 2.24) is 19.5 Å². The van der Waals surface area contributed by atoms with Crippen molar-refractivity contribution in [3.63, 3.8) is 0 Å². The van der Waals surface area contributed by atoms with E-state index in [0.717, 1.165) is 0 Å². The third-order valence-corrected chi connectivity index (χ3v) is 17.3. The molecule has 1 aliphatic heterocycles. The van der Waals surface area contributed by atoms with Crippen molar-refractivity contribution >= 4 is 34.5 Å². The van der Waals surface area contributed by atoms with E-state index in [0.29, 0.717) is 11.1 Å². The van der Waals surface area contributed by atoms with Gasteiger partial charge in [0.2, 0.25) is 14.3 Å². The number of nitrogens with two attached hydrogens (primary N) is 1. The maximum Gasteiger partial charge on any atom is 0.280 e. The second kappa shape index (κ2) is 10.2. The number of hydrogen-bond donors (Lipinski definition) is 4. The first-order valence-electron chi connectivity index (χ1n) is 12.2. The molecule has 2 aromatic rings. The Balaban J connectivity index is 1.96. The molecule has 0 spiro atoms. The summed E-state index contributed by atoms with van der Waals surface area (Å²) in [6.07, 6.45) is -0.652. The lowest BCUT2D eigenvalue weighted by molar-refractivity contribution is -0.0639.